The molecule has 1 fully saturated rings. The standard InChI is InChI=1S/C21H24N4O/c1-15-5-3-4-6-17(15)14-25-20(21(22)11-12-21)23-19(24-25)13-16-7-9-18(26-2)10-8-16/h3-10H,11-14,22H2,1-2H3. The Bertz CT molecular complexity index is 910. The van der Waals surface area contributed by atoms with Crippen molar-refractivity contribution in [3.8, 4) is 5.75 Å². The minimum Gasteiger partial charge on any atom is -0.497 e. The number of aryl methyl sites for hydroxylation is 1. The molecule has 5 heteroatoms. The zero-order chi connectivity index (χ0) is 18.1. The second-order valence-electron chi connectivity index (χ2n) is 7.12. The molecule has 26 heavy (non-hydrogen) atoms. The van der Waals surface area contributed by atoms with Crippen LogP contribution in [-0.4, -0.2) is 21.9 Å². The third kappa shape index (κ3) is 3.35. The first-order chi connectivity index (χ1) is 12.6. The number of hydrogen-bond donors (Lipinski definition) is 1. The average molecular weight is 348 g/mol. The predicted octanol–water partition coefficient (Wildman–Crippen LogP) is 3.18. The zero-order valence-corrected chi connectivity index (χ0v) is 15.3. The molecule has 1 aromatic heterocycles. The molecule has 0 aliphatic heterocycles. The molecule has 0 radical (unpaired) electrons. The van der Waals surface area contributed by atoms with Gasteiger partial charge in [0.25, 0.3) is 0 Å². The molecule has 2 aromatic carbocycles. The molecular weight excluding hydrogens is 324 g/mol. The number of methoxy groups -OCH3 is 1. The summed E-state index contributed by atoms with van der Waals surface area (Å²) in [5.41, 5.74) is 9.82. The Morgan fingerprint density at radius 2 is 1.85 bits per heavy atom. The van der Waals surface area contributed by atoms with Gasteiger partial charge in [0.2, 0.25) is 0 Å². The zero-order valence-electron chi connectivity index (χ0n) is 15.3. The minimum absolute atomic E-state index is 0.312. The van der Waals surface area contributed by atoms with Crippen LogP contribution in [0.25, 0.3) is 0 Å². The van der Waals surface area contributed by atoms with E-state index in [1.807, 2.05) is 16.8 Å². The molecule has 0 saturated heterocycles. The highest BCUT2D eigenvalue weighted by atomic mass is 16.5. The molecule has 1 saturated carbocycles. The van der Waals surface area contributed by atoms with Gasteiger partial charge in [0.15, 0.2) is 5.82 Å². The largest absolute Gasteiger partial charge is 0.497 e. The lowest BCUT2D eigenvalue weighted by atomic mass is 10.1. The Hall–Kier alpha value is -2.66. The lowest BCUT2D eigenvalue weighted by Gasteiger charge is -2.12. The van der Waals surface area contributed by atoms with Crippen LogP contribution in [0.15, 0.2) is 48.5 Å². The molecule has 0 spiro atoms. The summed E-state index contributed by atoms with van der Waals surface area (Å²) in [5.74, 6) is 2.58. The van der Waals surface area contributed by atoms with Crippen LogP contribution in [0.3, 0.4) is 0 Å². The molecular formula is C21H24N4O. The van der Waals surface area contributed by atoms with Crippen LogP contribution in [0.1, 0.15) is 41.2 Å². The van der Waals surface area contributed by atoms with Gasteiger partial charge in [-0.15, -0.1) is 0 Å². The van der Waals surface area contributed by atoms with Gasteiger partial charge in [-0.2, -0.15) is 5.10 Å². The number of ether oxygens (including phenoxy) is 1. The lowest BCUT2D eigenvalue weighted by molar-refractivity contribution is 0.414. The van der Waals surface area contributed by atoms with E-state index < -0.39 is 0 Å². The fraction of sp³-hybridized carbons (Fsp3) is 0.333. The molecule has 0 amide bonds. The average Bonchev–Trinajstić information content (AvgIpc) is 3.27. The molecule has 0 bridgehead atoms. The van der Waals surface area contributed by atoms with E-state index in [-0.39, 0.29) is 5.54 Å². The lowest BCUT2D eigenvalue weighted by Crippen LogP contribution is -2.25. The first kappa shape index (κ1) is 16.8. The first-order valence-electron chi connectivity index (χ1n) is 8.98. The molecule has 5 nitrogen and oxygen atoms in total. The number of rotatable bonds is 6. The molecule has 1 aliphatic carbocycles. The van der Waals surface area contributed by atoms with Gasteiger partial charge < -0.3 is 10.5 Å². The third-order valence-corrected chi connectivity index (χ3v) is 5.05. The van der Waals surface area contributed by atoms with Crippen molar-refractivity contribution in [2.75, 3.05) is 7.11 Å². The van der Waals surface area contributed by atoms with Crippen LogP contribution < -0.4 is 10.5 Å². The Kier molecular flexibility index (Phi) is 4.24. The van der Waals surface area contributed by atoms with Crippen LogP contribution >= 0.6 is 0 Å². The van der Waals surface area contributed by atoms with Gasteiger partial charge in [0.05, 0.1) is 19.2 Å². The van der Waals surface area contributed by atoms with Crippen molar-refractivity contribution in [1.29, 1.82) is 0 Å². The molecule has 3 aromatic rings. The highest BCUT2D eigenvalue weighted by Crippen LogP contribution is 2.41. The van der Waals surface area contributed by atoms with Crippen LogP contribution in [0.2, 0.25) is 0 Å². The van der Waals surface area contributed by atoms with Crippen molar-refractivity contribution in [3.05, 3.63) is 76.9 Å². The van der Waals surface area contributed by atoms with E-state index in [2.05, 4.69) is 43.3 Å². The normalized spacial score (nSPS) is 15.0. The van der Waals surface area contributed by atoms with Gasteiger partial charge in [-0.3, -0.25) is 0 Å². The van der Waals surface area contributed by atoms with Crippen LogP contribution in [-0.2, 0) is 18.5 Å². The number of benzene rings is 2. The topological polar surface area (TPSA) is 66.0 Å². The smallest absolute Gasteiger partial charge is 0.155 e. The molecule has 1 heterocycles. The van der Waals surface area contributed by atoms with E-state index in [4.69, 9.17) is 20.6 Å². The summed E-state index contributed by atoms with van der Waals surface area (Å²) in [4.78, 5) is 4.80. The van der Waals surface area contributed by atoms with Crippen molar-refractivity contribution < 1.29 is 4.74 Å². The molecule has 0 unspecified atom stereocenters. The van der Waals surface area contributed by atoms with Gasteiger partial charge in [-0.25, -0.2) is 9.67 Å². The van der Waals surface area contributed by atoms with Gasteiger partial charge in [-0.1, -0.05) is 36.4 Å². The van der Waals surface area contributed by atoms with E-state index in [9.17, 15) is 0 Å². The maximum atomic E-state index is 6.47. The third-order valence-electron chi connectivity index (χ3n) is 5.05. The number of nitrogens with zero attached hydrogens (tertiary/aromatic N) is 3. The van der Waals surface area contributed by atoms with Crippen molar-refractivity contribution in [2.45, 2.75) is 38.3 Å². The number of aromatic nitrogens is 3. The summed E-state index contributed by atoms with van der Waals surface area (Å²) in [7, 11) is 1.67. The molecule has 1 aliphatic rings. The van der Waals surface area contributed by atoms with E-state index >= 15 is 0 Å². The summed E-state index contributed by atoms with van der Waals surface area (Å²) < 4.78 is 7.22. The Morgan fingerprint density at radius 1 is 1.12 bits per heavy atom. The van der Waals surface area contributed by atoms with Gasteiger partial charge >= 0.3 is 0 Å². The predicted molar refractivity (Wildman–Crippen MR) is 101 cm³/mol. The van der Waals surface area contributed by atoms with Crippen molar-refractivity contribution in [1.82, 2.24) is 14.8 Å². The maximum absolute atomic E-state index is 6.47. The Balaban J connectivity index is 1.62. The summed E-state index contributed by atoms with van der Waals surface area (Å²) in [6, 6.07) is 16.4. The summed E-state index contributed by atoms with van der Waals surface area (Å²) in [6.07, 6.45) is 2.64. The van der Waals surface area contributed by atoms with Gasteiger partial charge in [-0.05, 0) is 48.6 Å². The van der Waals surface area contributed by atoms with Crippen LogP contribution in [0.5, 0.6) is 5.75 Å². The molecule has 134 valence electrons. The van der Waals surface area contributed by atoms with Crippen molar-refractivity contribution >= 4 is 0 Å². The highest BCUT2D eigenvalue weighted by molar-refractivity contribution is 5.30. The van der Waals surface area contributed by atoms with E-state index in [0.29, 0.717) is 13.0 Å². The van der Waals surface area contributed by atoms with E-state index in [1.54, 1.807) is 7.11 Å². The number of hydrogen-bond acceptors (Lipinski definition) is 4. The first-order valence-corrected chi connectivity index (χ1v) is 8.98. The van der Waals surface area contributed by atoms with Crippen LogP contribution in [0, 0.1) is 6.92 Å². The van der Waals surface area contributed by atoms with Crippen LogP contribution in [0.4, 0.5) is 0 Å². The second kappa shape index (κ2) is 6.57. The maximum Gasteiger partial charge on any atom is 0.155 e. The van der Waals surface area contributed by atoms with Gasteiger partial charge in [0, 0.05) is 6.42 Å². The molecule has 4 rings (SSSR count). The molecule has 0 atom stereocenters. The number of nitrogens with two attached hydrogens (primary N) is 1. The summed E-state index contributed by atoms with van der Waals surface area (Å²) in [5, 5.41) is 4.79. The van der Waals surface area contributed by atoms with E-state index in [1.165, 1.54) is 11.1 Å². The van der Waals surface area contributed by atoms with E-state index in [0.717, 1.165) is 35.8 Å². The summed E-state index contributed by atoms with van der Waals surface area (Å²) in [6.45, 7) is 2.83. The minimum atomic E-state index is -0.312. The van der Waals surface area contributed by atoms with Crippen molar-refractivity contribution in [2.24, 2.45) is 5.73 Å². The fourth-order valence-electron chi connectivity index (χ4n) is 3.18. The SMILES string of the molecule is COc1ccc(Cc2nc(C3(N)CC3)n(Cc3ccccc3C)n2)cc1. The fourth-order valence-corrected chi connectivity index (χ4v) is 3.18. The second-order valence-corrected chi connectivity index (χ2v) is 7.12. The molecule has 2 N–H and O–H groups in total. The Labute approximate surface area is 153 Å². The highest BCUT2D eigenvalue weighted by Gasteiger charge is 2.44. The summed E-state index contributed by atoms with van der Waals surface area (Å²) >= 11 is 0. The monoisotopic (exact) mass is 348 g/mol. The van der Waals surface area contributed by atoms with Gasteiger partial charge in [0.1, 0.15) is 11.6 Å². The Morgan fingerprint density at radius 3 is 2.50 bits per heavy atom. The quantitative estimate of drug-likeness (QED) is 0.743. The van der Waals surface area contributed by atoms with Crippen molar-refractivity contribution in [3.63, 3.8) is 0 Å².